The topological polar surface area (TPSA) is 190 Å². The van der Waals surface area contributed by atoms with Crippen molar-refractivity contribution in [2.45, 2.75) is 110 Å². The van der Waals surface area contributed by atoms with Gasteiger partial charge in [-0.3, -0.25) is 19.2 Å². The third-order valence-corrected chi connectivity index (χ3v) is 10.2. The lowest BCUT2D eigenvalue weighted by Crippen LogP contribution is -2.57. The fourth-order valence-corrected chi connectivity index (χ4v) is 6.78. The largest absolute Gasteiger partial charge is 0.391 e. The molecule has 12 nitrogen and oxygen atoms in total. The molecule has 0 radical (unpaired) electrons. The summed E-state index contributed by atoms with van der Waals surface area (Å²) in [6, 6.07) is 13.6. The van der Waals surface area contributed by atoms with E-state index in [0.717, 1.165) is 32.8 Å². The van der Waals surface area contributed by atoms with Crippen molar-refractivity contribution < 1.29 is 29.0 Å². The lowest BCUT2D eigenvalue weighted by molar-refractivity contribution is -0.144. The number of carbonyl (C=O) groups is 4. The molecule has 7 N–H and O–H groups in total. The Morgan fingerprint density at radius 1 is 1.04 bits per heavy atom. The molecule has 5 atom stereocenters. The minimum Gasteiger partial charge on any atom is -0.391 e. The number of ether oxygens (including phenoxy) is 1. The molecule has 14 heteroatoms. The molecule has 1 saturated heterocycles. The first kappa shape index (κ1) is 42.5. The van der Waals surface area contributed by atoms with Crippen LogP contribution in [0.3, 0.4) is 0 Å². The molecule has 1 aromatic heterocycles. The van der Waals surface area contributed by atoms with E-state index in [-0.39, 0.29) is 74.6 Å². The molecule has 2 heterocycles. The second-order valence-electron chi connectivity index (χ2n) is 14.4. The highest BCUT2D eigenvalue weighted by molar-refractivity contribution is 7.13. The van der Waals surface area contributed by atoms with Crippen LogP contribution in [-0.2, 0) is 43.5 Å². The number of benzene rings is 2. The Labute approximate surface area is 316 Å². The Kier molecular flexibility index (Phi) is 15.8. The number of hydrogen-bond donors (Lipinski definition) is 5. The monoisotopic (exact) mass is 756 g/mol. The molecule has 2 aromatic carbocycles. The summed E-state index contributed by atoms with van der Waals surface area (Å²) in [5.41, 5.74) is 17.3. The minimum atomic E-state index is -0.899. The molecule has 3 aromatic rings. The maximum atomic E-state index is 13.9. The van der Waals surface area contributed by atoms with Crippen molar-refractivity contribution in [3.8, 4) is 10.4 Å². The van der Waals surface area contributed by atoms with E-state index in [1.54, 1.807) is 11.3 Å². The second-order valence-corrected chi connectivity index (χ2v) is 15.3. The predicted molar refractivity (Wildman–Crippen MR) is 204 cm³/mol. The van der Waals surface area contributed by atoms with Crippen LogP contribution in [0.2, 0.25) is 0 Å². The highest BCUT2D eigenvalue weighted by Crippen LogP contribution is 2.28. The number of primary amides is 1. The second kappa shape index (κ2) is 19.3. The Bertz CT molecular complexity index is 1640. The maximum Gasteiger partial charge on any atom is 0.246 e. The molecule has 0 aliphatic carbocycles. The van der Waals surface area contributed by atoms with Gasteiger partial charge in [-0.25, -0.2) is 4.98 Å². The molecule has 1 aliphatic heterocycles. The van der Waals surface area contributed by atoms with Crippen molar-refractivity contribution in [1.82, 2.24) is 20.5 Å². The summed E-state index contributed by atoms with van der Waals surface area (Å²) in [5, 5.41) is 16.4. The molecule has 284 valence electrons. The number of hydrogen-bond acceptors (Lipinski definition) is 9. The molecule has 4 amide bonds. The van der Waals surface area contributed by atoms with E-state index in [9.17, 15) is 24.3 Å². The van der Waals surface area contributed by atoms with Crippen LogP contribution in [-0.4, -0.2) is 75.5 Å². The molecule has 1 aliphatic rings. The molecule has 0 saturated carbocycles. The van der Waals surface area contributed by atoms with Crippen molar-refractivity contribution >= 4 is 47.4 Å². The van der Waals surface area contributed by atoms with E-state index in [1.165, 1.54) is 4.90 Å². The predicted octanol–water partition coefficient (Wildman–Crippen LogP) is 3.78. The molecule has 0 unspecified atom stereocenters. The van der Waals surface area contributed by atoms with Gasteiger partial charge in [0.05, 0.1) is 34.9 Å². The van der Waals surface area contributed by atoms with E-state index in [4.69, 9.17) is 16.2 Å². The van der Waals surface area contributed by atoms with Crippen molar-refractivity contribution in [2.24, 2.45) is 16.9 Å². The summed E-state index contributed by atoms with van der Waals surface area (Å²) in [6.45, 7) is 10.1. The van der Waals surface area contributed by atoms with Crippen molar-refractivity contribution in [3.05, 3.63) is 76.4 Å². The van der Waals surface area contributed by atoms with Gasteiger partial charge < -0.3 is 36.8 Å². The fraction of sp³-hybridized carbons (Fsp3) is 0.500. The number of thiazole rings is 1. The average molecular weight is 757 g/mol. The van der Waals surface area contributed by atoms with E-state index in [2.05, 4.69) is 15.6 Å². The number of halogens is 1. The zero-order valence-electron chi connectivity index (χ0n) is 30.6. The number of aromatic nitrogens is 1. The van der Waals surface area contributed by atoms with Crippen molar-refractivity contribution in [3.63, 3.8) is 0 Å². The Morgan fingerprint density at radius 3 is 2.27 bits per heavy atom. The van der Waals surface area contributed by atoms with Gasteiger partial charge in [-0.2, -0.15) is 0 Å². The Hall–Kier alpha value is -3.88. The number of β-amino-alcohol motifs (C(OH)–C–C–N with tert-alkyl or cyclic N) is 1. The molecule has 0 bridgehead atoms. The third kappa shape index (κ3) is 12.1. The summed E-state index contributed by atoms with van der Waals surface area (Å²) in [6.07, 6.45) is 0.320. The summed E-state index contributed by atoms with van der Waals surface area (Å²) >= 11 is 1.58. The summed E-state index contributed by atoms with van der Waals surface area (Å²) in [4.78, 5) is 58.3. The summed E-state index contributed by atoms with van der Waals surface area (Å²) in [5.74, 6) is -1.42. The summed E-state index contributed by atoms with van der Waals surface area (Å²) in [7, 11) is 0. The highest BCUT2D eigenvalue weighted by Gasteiger charge is 2.44. The van der Waals surface area contributed by atoms with Crippen LogP contribution in [0.1, 0.15) is 75.8 Å². The van der Waals surface area contributed by atoms with Crippen LogP contribution < -0.4 is 22.1 Å². The number of carbonyl (C=O) groups excluding carboxylic acids is 4. The smallest absolute Gasteiger partial charge is 0.246 e. The first-order valence-electron chi connectivity index (χ1n) is 17.4. The summed E-state index contributed by atoms with van der Waals surface area (Å²) < 4.78 is 5.86. The van der Waals surface area contributed by atoms with Crippen LogP contribution in [0.5, 0.6) is 0 Å². The van der Waals surface area contributed by atoms with Gasteiger partial charge in [0, 0.05) is 38.4 Å². The van der Waals surface area contributed by atoms with Crippen LogP contribution in [0.4, 0.5) is 0 Å². The van der Waals surface area contributed by atoms with Gasteiger partial charge in [-0.05, 0) is 54.4 Å². The van der Waals surface area contributed by atoms with E-state index in [0.29, 0.717) is 19.4 Å². The van der Waals surface area contributed by atoms with Gasteiger partial charge in [-0.1, -0.05) is 69.3 Å². The molecule has 4 rings (SSSR count). The minimum absolute atomic E-state index is 0. The number of aryl methyl sites for hydroxylation is 2. The SMILES string of the molecule is Cc1ncsc1-c1ccc(CNC(=O)[C@@H]2C[C@@H](O)CN2C(=O)[C@@H](NC(=O)CCc2ccc(CO[C@H](C)[C@@H](N)CCC(N)=O)cc2)C(C)(C)C)cc1.Cl. The third-order valence-electron chi connectivity index (χ3n) is 9.22. The van der Waals surface area contributed by atoms with Crippen LogP contribution in [0.15, 0.2) is 54.0 Å². The molecule has 0 spiro atoms. The maximum absolute atomic E-state index is 13.9. The number of nitrogens with one attached hydrogen (secondary N) is 2. The lowest BCUT2D eigenvalue weighted by atomic mass is 9.85. The number of rotatable bonds is 16. The average Bonchev–Trinajstić information content (AvgIpc) is 3.71. The zero-order valence-corrected chi connectivity index (χ0v) is 32.2. The van der Waals surface area contributed by atoms with Gasteiger partial charge in [0.15, 0.2) is 0 Å². The van der Waals surface area contributed by atoms with Gasteiger partial charge in [0.2, 0.25) is 23.6 Å². The van der Waals surface area contributed by atoms with Crippen molar-refractivity contribution in [2.75, 3.05) is 6.54 Å². The number of aliphatic hydroxyl groups is 1. The van der Waals surface area contributed by atoms with Gasteiger partial charge in [0.1, 0.15) is 12.1 Å². The van der Waals surface area contributed by atoms with E-state index < -0.39 is 29.5 Å². The van der Waals surface area contributed by atoms with Gasteiger partial charge in [0.25, 0.3) is 0 Å². The highest BCUT2D eigenvalue weighted by atomic mass is 35.5. The van der Waals surface area contributed by atoms with Crippen LogP contribution >= 0.6 is 23.7 Å². The first-order valence-corrected chi connectivity index (χ1v) is 18.3. The van der Waals surface area contributed by atoms with Crippen LogP contribution in [0.25, 0.3) is 10.4 Å². The van der Waals surface area contributed by atoms with Gasteiger partial charge >= 0.3 is 0 Å². The van der Waals surface area contributed by atoms with E-state index >= 15 is 0 Å². The molecular formula is C38H53ClN6O6S. The fourth-order valence-electron chi connectivity index (χ4n) is 5.97. The lowest BCUT2D eigenvalue weighted by Gasteiger charge is -2.35. The number of likely N-dealkylation sites (tertiary alicyclic amines) is 1. The Balaban J connectivity index is 0.00000729. The van der Waals surface area contributed by atoms with Gasteiger partial charge in [-0.15, -0.1) is 23.7 Å². The number of aliphatic hydroxyl groups excluding tert-OH is 1. The van der Waals surface area contributed by atoms with E-state index in [1.807, 2.05) is 88.7 Å². The number of nitrogens with two attached hydrogens (primary N) is 2. The molecule has 52 heavy (non-hydrogen) atoms. The molecule has 1 fully saturated rings. The standard InChI is InChI=1S/C38H52N6O6S.ClH/c1-23-34(51-22-42-23)28-13-10-26(11-14-28)19-41-36(48)31-18-29(45)20-44(31)37(49)35(38(3,4)5)43-33(47)17-12-25-6-8-27(9-7-25)21-50-24(2)30(39)15-16-32(40)46;/h6-11,13-14,22,24,29-31,35,45H,12,15-21,39H2,1-5H3,(H2,40,46)(H,41,48)(H,43,47);1H/t24-,29-,30+,31+,35-;/m1./s1. The van der Waals surface area contributed by atoms with Crippen molar-refractivity contribution in [1.29, 1.82) is 0 Å². The zero-order chi connectivity index (χ0) is 37.3. The number of amides is 4. The normalized spacial score (nSPS) is 17.5. The van der Waals surface area contributed by atoms with Crippen LogP contribution in [0, 0.1) is 12.3 Å². The first-order chi connectivity index (χ1) is 24.1. The number of nitrogens with zero attached hydrogens (tertiary/aromatic N) is 2. The quantitative estimate of drug-likeness (QED) is 0.146. The Morgan fingerprint density at radius 2 is 1.67 bits per heavy atom. The molecular weight excluding hydrogens is 704 g/mol.